The van der Waals surface area contributed by atoms with E-state index in [1.165, 1.54) is 0 Å². The van der Waals surface area contributed by atoms with E-state index in [2.05, 4.69) is 10.4 Å². The zero-order valence-corrected chi connectivity index (χ0v) is 10.8. The van der Waals surface area contributed by atoms with Crippen molar-refractivity contribution in [2.45, 2.75) is 25.8 Å². The molecule has 0 radical (unpaired) electrons. The zero-order valence-electron chi connectivity index (χ0n) is 9.96. The van der Waals surface area contributed by atoms with Crippen molar-refractivity contribution in [1.29, 1.82) is 0 Å². The molecule has 1 unspecified atom stereocenters. The Hall–Kier alpha value is -0.980. The summed E-state index contributed by atoms with van der Waals surface area (Å²) in [5.74, 6) is 5.87. The van der Waals surface area contributed by atoms with Crippen molar-refractivity contribution in [2.24, 2.45) is 5.84 Å². The summed E-state index contributed by atoms with van der Waals surface area (Å²) in [7, 11) is -2.89. The van der Waals surface area contributed by atoms with Gasteiger partial charge in [-0.1, -0.05) is 13.0 Å². The summed E-state index contributed by atoms with van der Waals surface area (Å²) < 4.78 is 22.7. The lowest BCUT2D eigenvalue weighted by atomic mass is 10.1. The van der Waals surface area contributed by atoms with E-state index < -0.39 is 9.84 Å². The first-order valence-electron chi connectivity index (χ1n) is 5.65. The van der Waals surface area contributed by atoms with Crippen LogP contribution in [-0.2, 0) is 9.84 Å². The summed E-state index contributed by atoms with van der Waals surface area (Å²) in [6.07, 6.45) is 4.71. The Morgan fingerprint density at radius 1 is 1.53 bits per heavy atom. The molecule has 0 aliphatic rings. The lowest BCUT2D eigenvalue weighted by Gasteiger charge is -2.15. The molecular weight excluding hydrogens is 238 g/mol. The predicted molar refractivity (Wildman–Crippen MR) is 67.9 cm³/mol. The molecule has 0 fully saturated rings. The van der Waals surface area contributed by atoms with Crippen molar-refractivity contribution in [3.63, 3.8) is 0 Å². The normalized spacial score (nSPS) is 13.5. The summed E-state index contributed by atoms with van der Waals surface area (Å²) in [5.41, 5.74) is 3.66. The second-order valence-electron chi connectivity index (χ2n) is 3.88. The average molecular weight is 257 g/mol. The van der Waals surface area contributed by atoms with Gasteiger partial charge in [0.1, 0.15) is 9.84 Å². The second-order valence-corrected chi connectivity index (χ2v) is 6.36. The van der Waals surface area contributed by atoms with Crippen LogP contribution in [0.15, 0.2) is 24.5 Å². The van der Waals surface area contributed by atoms with Gasteiger partial charge in [-0.2, -0.15) is 0 Å². The van der Waals surface area contributed by atoms with Gasteiger partial charge in [0.05, 0.1) is 5.75 Å². The second kappa shape index (κ2) is 6.68. The number of aromatic nitrogens is 1. The van der Waals surface area contributed by atoms with Crippen molar-refractivity contribution >= 4 is 9.84 Å². The van der Waals surface area contributed by atoms with E-state index in [1.807, 2.05) is 12.1 Å². The van der Waals surface area contributed by atoms with E-state index in [0.717, 1.165) is 5.56 Å². The Bertz CT molecular complexity index is 420. The number of hydrazine groups is 1. The summed E-state index contributed by atoms with van der Waals surface area (Å²) in [4.78, 5) is 4.01. The lowest BCUT2D eigenvalue weighted by molar-refractivity contribution is 0.506. The molecule has 3 N–H and O–H groups in total. The standard InChI is InChI=1S/C11H19N3O2S/c1-2-17(15,16)8-4-6-11(14-12)10-5-3-7-13-9-10/h3,5,7,9,11,14H,2,4,6,8,12H2,1H3. The molecule has 0 aliphatic carbocycles. The van der Waals surface area contributed by atoms with Crippen molar-refractivity contribution in [2.75, 3.05) is 11.5 Å². The van der Waals surface area contributed by atoms with Gasteiger partial charge in [0.2, 0.25) is 0 Å². The molecular formula is C11H19N3O2S. The highest BCUT2D eigenvalue weighted by atomic mass is 32.2. The monoisotopic (exact) mass is 257 g/mol. The minimum Gasteiger partial charge on any atom is -0.271 e. The van der Waals surface area contributed by atoms with Gasteiger partial charge in [-0.05, 0) is 24.5 Å². The van der Waals surface area contributed by atoms with E-state index >= 15 is 0 Å². The third kappa shape index (κ3) is 4.80. The van der Waals surface area contributed by atoms with Crippen LogP contribution in [0.2, 0.25) is 0 Å². The van der Waals surface area contributed by atoms with E-state index in [1.54, 1.807) is 19.3 Å². The molecule has 1 aromatic rings. The molecule has 0 aromatic carbocycles. The summed E-state index contributed by atoms with van der Waals surface area (Å²) in [6, 6.07) is 3.71. The fourth-order valence-electron chi connectivity index (χ4n) is 1.58. The Kier molecular flexibility index (Phi) is 5.54. The molecule has 17 heavy (non-hydrogen) atoms. The van der Waals surface area contributed by atoms with E-state index in [4.69, 9.17) is 5.84 Å². The SMILES string of the molecule is CCS(=O)(=O)CCCC(NN)c1cccnc1. The summed E-state index contributed by atoms with van der Waals surface area (Å²) in [5, 5.41) is 0. The van der Waals surface area contributed by atoms with Crippen LogP contribution in [0.4, 0.5) is 0 Å². The quantitative estimate of drug-likeness (QED) is 0.557. The molecule has 5 nitrogen and oxygen atoms in total. The van der Waals surface area contributed by atoms with Gasteiger partial charge < -0.3 is 0 Å². The highest BCUT2D eigenvalue weighted by Gasteiger charge is 2.12. The fourth-order valence-corrected chi connectivity index (χ4v) is 2.48. The molecule has 1 heterocycles. The third-order valence-corrected chi connectivity index (χ3v) is 4.47. The van der Waals surface area contributed by atoms with Crippen LogP contribution in [0.3, 0.4) is 0 Å². The lowest BCUT2D eigenvalue weighted by Crippen LogP contribution is -2.28. The molecule has 0 saturated carbocycles. The molecule has 0 amide bonds. The van der Waals surface area contributed by atoms with Gasteiger partial charge in [0.25, 0.3) is 0 Å². The van der Waals surface area contributed by atoms with E-state index in [-0.39, 0.29) is 17.5 Å². The van der Waals surface area contributed by atoms with Gasteiger partial charge in [-0.3, -0.25) is 16.3 Å². The summed E-state index contributed by atoms with van der Waals surface area (Å²) >= 11 is 0. The molecule has 0 saturated heterocycles. The number of pyridine rings is 1. The molecule has 1 atom stereocenters. The number of sulfone groups is 1. The van der Waals surface area contributed by atoms with Crippen LogP contribution in [0.1, 0.15) is 31.4 Å². The topological polar surface area (TPSA) is 85.1 Å². The van der Waals surface area contributed by atoms with Gasteiger partial charge in [-0.15, -0.1) is 0 Å². The highest BCUT2D eigenvalue weighted by Crippen LogP contribution is 2.16. The number of hydrogen-bond donors (Lipinski definition) is 2. The van der Waals surface area contributed by atoms with E-state index in [0.29, 0.717) is 12.8 Å². The molecule has 1 aromatic heterocycles. The molecule has 6 heteroatoms. The smallest absolute Gasteiger partial charge is 0.150 e. The van der Waals surface area contributed by atoms with Crippen molar-refractivity contribution < 1.29 is 8.42 Å². The summed E-state index contributed by atoms with van der Waals surface area (Å²) in [6.45, 7) is 1.66. The molecule has 96 valence electrons. The maximum absolute atomic E-state index is 11.3. The Morgan fingerprint density at radius 3 is 2.82 bits per heavy atom. The predicted octanol–water partition coefficient (Wildman–Crippen LogP) is 0.801. The van der Waals surface area contributed by atoms with E-state index in [9.17, 15) is 8.42 Å². The van der Waals surface area contributed by atoms with Crippen molar-refractivity contribution in [1.82, 2.24) is 10.4 Å². The zero-order chi connectivity index (χ0) is 12.7. The fraction of sp³-hybridized carbons (Fsp3) is 0.545. The van der Waals surface area contributed by atoms with Crippen LogP contribution in [0, 0.1) is 0 Å². The van der Waals surface area contributed by atoms with Crippen LogP contribution in [0.5, 0.6) is 0 Å². The maximum Gasteiger partial charge on any atom is 0.150 e. The van der Waals surface area contributed by atoms with Gasteiger partial charge >= 0.3 is 0 Å². The number of nitrogens with two attached hydrogens (primary N) is 1. The minimum atomic E-state index is -2.89. The maximum atomic E-state index is 11.3. The molecule has 0 bridgehead atoms. The number of nitrogens with one attached hydrogen (secondary N) is 1. The molecule has 1 rings (SSSR count). The molecule has 0 spiro atoms. The Balaban J connectivity index is 2.50. The first kappa shape index (κ1) is 14.1. The van der Waals surface area contributed by atoms with Crippen LogP contribution >= 0.6 is 0 Å². The first-order valence-corrected chi connectivity index (χ1v) is 7.47. The molecule has 0 aliphatic heterocycles. The minimum absolute atomic E-state index is 0.0456. The average Bonchev–Trinajstić information content (AvgIpc) is 2.36. The third-order valence-electron chi connectivity index (χ3n) is 2.68. The van der Waals surface area contributed by atoms with Crippen LogP contribution < -0.4 is 11.3 Å². The first-order chi connectivity index (χ1) is 8.09. The number of hydrogen-bond acceptors (Lipinski definition) is 5. The van der Waals surface area contributed by atoms with Crippen LogP contribution in [0.25, 0.3) is 0 Å². The number of rotatable bonds is 7. The Labute approximate surface area is 102 Å². The largest absolute Gasteiger partial charge is 0.271 e. The van der Waals surface area contributed by atoms with Crippen molar-refractivity contribution in [3.05, 3.63) is 30.1 Å². The Morgan fingerprint density at radius 2 is 2.29 bits per heavy atom. The van der Waals surface area contributed by atoms with Gasteiger partial charge in [-0.25, -0.2) is 8.42 Å². The highest BCUT2D eigenvalue weighted by molar-refractivity contribution is 7.91. The van der Waals surface area contributed by atoms with Gasteiger partial charge in [0, 0.05) is 24.2 Å². The van der Waals surface area contributed by atoms with Crippen molar-refractivity contribution in [3.8, 4) is 0 Å². The number of nitrogens with zero attached hydrogens (tertiary/aromatic N) is 1. The van der Waals surface area contributed by atoms with Crippen LogP contribution in [-0.4, -0.2) is 24.9 Å². The van der Waals surface area contributed by atoms with Gasteiger partial charge in [0.15, 0.2) is 0 Å².